The molecule has 2 heterocycles. The normalized spacial score (nSPS) is 21.0. The number of nitrogens with zero attached hydrogens (tertiary/aromatic N) is 3. The third-order valence-electron chi connectivity index (χ3n) is 5.50. The van der Waals surface area contributed by atoms with Crippen molar-refractivity contribution < 1.29 is 0 Å². The van der Waals surface area contributed by atoms with Crippen LogP contribution in [0.15, 0.2) is 22.5 Å². The number of likely N-dealkylation sites (N-methyl/N-ethyl adjacent to an activating group) is 1. The Morgan fingerprint density at radius 3 is 2.75 bits per heavy atom. The molecule has 1 aliphatic heterocycles. The molecule has 1 aromatic heterocycles. The second-order valence-electron chi connectivity index (χ2n) is 7.71. The molecule has 28 heavy (non-hydrogen) atoms. The van der Waals surface area contributed by atoms with E-state index < -0.39 is 0 Å². The first-order chi connectivity index (χ1) is 13.1. The fourth-order valence-corrected chi connectivity index (χ4v) is 4.99. The maximum absolute atomic E-state index is 4.95. The number of nitrogens with one attached hydrogen (secondary N) is 2. The van der Waals surface area contributed by atoms with Gasteiger partial charge >= 0.3 is 0 Å². The Labute approximate surface area is 193 Å². The van der Waals surface area contributed by atoms with E-state index in [0.29, 0.717) is 18.0 Å². The molecule has 1 saturated heterocycles. The molecular formula is C21H40IN5S. The average molecular weight is 522 g/mol. The molecule has 2 atom stereocenters. The fraction of sp³-hybridized carbons (Fsp3) is 0.762. The van der Waals surface area contributed by atoms with Crippen molar-refractivity contribution in [1.82, 2.24) is 20.4 Å². The van der Waals surface area contributed by atoms with Crippen LogP contribution < -0.4 is 10.6 Å². The zero-order valence-corrected chi connectivity index (χ0v) is 21.4. The smallest absolute Gasteiger partial charge is 0.191 e. The average Bonchev–Trinajstić information content (AvgIpc) is 3.17. The Morgan fingerprint density at radius 1 is 1.36 bits per heavy atom. The molecule has 1 fully saturated rings. The predicted molar refractivity (Wildman–Crippen MR) is 134 cm³/mol. The van der Waals surface area contributed by atoms with Gasteiger partial charge in [-0.15, -0.1) is 35.3 Å². The lowest BCUT2D eigenvalue weighted by Crippen LogP contribution is -2.43. The Bertz CT molecular complexity index is 549. The van der Waals surface area contributed by atoms with E-state index in [4.69, 9.17) is 4.99 Å². The number of halogens is 1. The summed E-state index contributed by atoms with van der Waals surface area (Å²) in [7, 11) is 2.26. The van der Waals surface area contributed by atoms with Crippen LogP contribution >= 0.6 is 35.3 Å². The van der Waals surface area contributed by atoms with Gasteiger partial charge in [0, 0.05) is 43.1 Å². The van der Waals surface area contributed by atoms with E-state index in [-0.39, 0.29) is 24.0 Å². The van der Waals surface area contributed by atoms with Gasteiger partial charge in [-0.2, -0.15) is 0 Å². The van der Waals surface area contributed by atoms with Crippen molar-refractivity contribution in [3.8, 4) is 0 Å². The molecule has 2 N–H and O–H groups in total. The minimum absolute atomic E-state index is 0. The maximum atomic E-state index is 4.95. The van der Waals surface area contributed by atoms with Crippen LogP contribution in [0.4, 0.5) is 0 Å². The van der Waals surface area contributed by atoms with Gasteiger partial charge in [0.1, 0.15) is 0 Å². The highest BCUT2D eigenvalue weighted by atomic mass is 127. The Balaban J connectivity index is 0.00000392. The molecule has 0 radical (unpaired) electrons. The molecular weight excluding hydrogens is 481 g/mol. The number of guanidine groups is 1. The summed E-state index contributed by atoms with van der Waals surface area (Å²) < 4.78 is 0. The van der Waals surface area contributed by atoms with Gasteiger partial charge in [0.25, 0.3) is 0 Å². The molecule has 1 aromatic rings. The van der Waals surface area contributed by atoms with Crippen molar-refractivity contribution in [2.45, 2.75) is 52.6 Å². The number of thiophene rings is 1. The number of rotatable bonds is 9. The summed E-state index contributed by atoms with van der Waals surface area (Å²) in [5.41, 5.74) is 0. The number of aliphatic imine (C=N–C) groups is 1. The van der Waals surface area contributed by atoms with E-state index in [1.807, 2.05) is 11.3 Å². The first-order valence-electron chi connectivity index (χ1n) is 10.6. The molecule has 5 nitrogen and oxygen atoms in total. The first kappa shape index (κ1) is 25.7. The van der Waals surface area contributed by atoms with Crippen molar-refractivity contribution in [2.75, 3.05) is 46.3 Å². The summed E-state index contributed by atoms with van der Waals surface area (Å²) in [4.78, 5) is 11.4. The topological polar surface area (TPSA) is 42.9 Å². The van der Waals surface area contributed by atoms with Gasteiger partial charge < -0.3 is 10.6 Å². The molecule has 0 saturated carbocycles. The van der Waals surface area contributed by atoms with E-state index in [1.54, 1.807) is 0 Å². The summed E-state index contributed by atoms with van der Waals surface area (Å²) in [6.07, 6.45) is 2.52. The summed E-state index contributed by atoms with van der Waals surface area (Å²) >= 11 is 1.88. The van der Waals surface area contributed by atoms with Gasteiger partial charge in [-0.3, -0.25) is 14.8 Å². The molecule has 7 heteroatoms. The van der Waals surface area contributed by atoms with E-state index in [0.717, 1.165) is 38.7 Å². The number of likely N-dealkylation sites (tertiary alicyclic amines) is 1. The Kier molecular flexibility index (Phi) is 12.6. The van der Waals surface area contributed by atoms with Crippen LogP contribution in [-0.2, 0) is 0 Å². The van der Waals surface area contributed by atoms with E-state index >= 15 is 0 Å². The standard InChI is InChI=1S/C21H39N5S.HI/c1-6-22-21(23-12-14-26(7-2)17(3)4)24-16-18-10-8-13-25(5)20(18)19-11-9-15-27-19;/h9,11,15,17-18,20H,6-8,10,12-14,16H2,1-5H3,(H2,22,23,24);1H. The van der Waals surface area contributed by atoms with Gasteiger partial charge in [0.2, 0.25) is 0 Å². The van der Waals surface area contributed by atoms with Crippen molar-refractivity contribution in [2.24, 2.45) is 10.9 Å². The second kappa shape index (κ2) is 13.8. The van der Waals surface area contributed by atoms with Gasteiger partial charge in [0.05, 0.1) is 0 Å². The van der Waals surface area contributed by atoms with Gasteiger partial charge in [0.15, 0.2) is 5.96 Å². The lowest BCUT2D eigenvalue weighted by Gasteiger charge is -2.38. The van der Waals surface area contributed by atoms with E-state index in [9.17, 15) is 0 Å². The third kappa shape index (κ3) is 7.80. The summed E-state index contributed by atoms with van der Waals surface area (Å²) in [5, 5.41) is 9.13. The Morgan fingerprint density at radius 2 is 2.14 bits per heavy atom. The minimum atomic E-state index is 0. The predicted octanol–water partition coefficient (Wildman–Crippen LogP) is 4.03. The molecule has 0 aromatic carbocycles. The number of hydrogen-bond donors (Lipinski definition) is 2. The molecule has 2 unspecified atom stereocenters. The molecule has 2 rings (SSSR count). The summed E-state index contributed by atoms with van der Waals surface area (Å²) in [6, 6.07) is 5.54. The van der Waals surface area contributed by atoms with Crippen LogP contribution in [0.1, 0.15) is 51.5 Å². The van der Waals surface area contributed by atoms with Crippen LogP contribution in [0.2, 0.25) is 0 Å². The van der Waals surface area contributed by atoms with Crippen LogP contribution in [0.3, 0.4) is 0 Å². The molecule has 0 bridgehead atoms. The quantitative estimate of drug-likeness (QED) is 0.293. The van der Waals surface area contributed by atoms with Crippen molar-refractivity contribution in [3.05, 3.63) is 22.4 Å². The molecule has 162 valence electrons. The van der Waals surface area contributed by atoms with Crippen molar-refractivity contribution in [1.29, 1.82) is 0 Å². The maximum Gasteiger partial charge on any atom is 0.191 e. The third-order valence-corrected chi connectivity index (χ3v) is 6.44. The largest absolute Gasteiger partial charge is 0.357 e. The highest BCUT2D eigenvalue weighted by Crippen LogP contribution is 2.37. The zero-order valence-electron chi connectivity index (χ0n) is 18.3. The van der Waals surface area contributed by atoms with Crippen LogP contribution in [-0.4, -0.2) is 68.1 Å². The molecule has 0 spiro atoms. The van der Waals surface area contributed by atoms with Crippen LogP contribution in [0.25, 0.3) is 0 Å². The van der Waals surface area contributed by atoms with Crippen LogP contribution in [0.5, 0.6) is 0 Å². The minimum Gasteiger partial charge on any atom is -0.357 e. The summed E-state index contributed by atoms with van der Waals surface area (Å²) in [6.45, 7) is 14.9. The van der Waals surface area contributed by atoms with Crippen molar-refractivity contribution >= 4 is 41.3 Å². The van der Waals surface area contributed by atoms with Gasteiger partial charge in [-0.05, 0) is 71.1 Å². The first-order valence-corrected chi connectivity index (χ1v) is 11.4. The highest BCUT2D eigenvalue weighted by Gasteiger charge is 2.31. The second-order valence-corrected chi connectivity index (χ2v) is 8.69. The van der Waals surface area contributed by atoms with Crippen molar-refractivity contribution in [3.63, 3.8) is 0 Å². The van der Waals surface area contributed by atoms with E-state index in [2.05, 4.69) is 72.7 Å². The zero-order chi connectivity index (χ0) is 19.6. The van der Waals surface area contributed by atoms with E-state index in [1.165, 1.54) is 24.3 Å². The lowest BCUT2D eigenvalue weighted by molar-refractivity contribution is 0.128. The SMILES string of the molecule is CCNC(=NCC1CCCN(C)C1c1cccs1)NCCN(CC)C(C)C.I. The fourth-order valence-electron chi connectivity index (χ4n) is 4.01. The Hall–Kier alpha value is -0.380. The van der Waals surface area contributed by atoms with Crippen LogP contribution in [0, 0.1) is 5.92 Å². The molecule has 0 amide bonds. The number of hydrogen-bond acceptors (Lipinski definition) is 4. The summed E-state index contributed by atoms with van der Waals surface area (Å²) in [5.74, 6) is 1.54. The molecule has 0 aliphatic carbocycles. The van der Waals surface area contributed by atoms with Gasteiger partial charge in [-0.25, -0.2) is 0 Å². The van der Waals surface area contributed by atoms with Gasteiger partial charge in [-0.1, -0.05) is 13.0 Å². The monoisotopic (exact) mass is 521 g/mol. The lowest BCUT2D eigenvalue weighted by atomic mass is 9.88. The highest BCUT2D eigenvalue weighted by molar-refractivity contribution is 14.0. The number of piperidine rings is 1. The molecule has 1 aliphatic rings.